The first kappa shape index (κ1) is 30.8. The molecule has 35 heavy (non-hydrogen) atoms. The summed E-state index contributed by atoms with van der Waals surface area (Å²) in [4.78, 5) is 40.3. The number of carbonyl (C=O) groups is 3. The lowest BCUT2D eigenvalue weighted by Gasteiger charge is -2.25. The van der Waals surface area contributed by atoms with E-state index >= 15 is 0 Å². The fourth-order valence-electron chi connectivity index (χ4n) is 3.99. The maximum atomic E-state index is 12.1. The minimum absolute atomic E-state index is 0.0341. The van der Waals surface area contributed by atoms with Gasteiger partial charge in [-0.05, 0) is 32.2 Å². The van der Waals surface area contributed by atoms with E-state index in [0.717, 1.165) is 58.2 Å². The lowest BCUT2D eigenvalue weighted by molar-refractivity contribution is -0.140. The predicted octanol–water partition coefficient (Wildman–Crippen LogP) is 0.960. The van der Waals surface area contributed by atoms with E-state index in [1.807, 2.05) is 9.80 Å². The molecule has 0 aromatic rings. The number of hydrogen-bond acceptors (Lipinski definition) is 7. The molecule has 1 unspecified atom stereocenters. The minimum atomic E-state index is -0.884. The molecule has 1 heterocycles. The monoisotopic (exact) mass is 496 g/mol. The number of terminal acetylenes is 1. The molecular formula is C25H44N4O6. The zero-order valence-corrected chi connectivity index (χ0v) is 21.3. The molecule has 0 aliphatic carbocycles. The topological polar surface area (TPSA) is 123 Å². The number of carboxylic acids is 2. The summed E-state index contributed by atoms with van der Waals surface area (Å²) in [6.07, 6.45) is 12.1. The Morgan fingerprint density at radius 2 is 1.46 bits per heavy atom. The fourth-order valence-corrected chi connectivity index (χ4v) is 3.99. The van der Waals surface area contributed by atoms with E-state index in [4.69, 9.17) is 21.4 Å². The van der Waals surface area contributed by atoms with Gasteiger partial charge in [0.05, 0.1) is 13.1 Å². The van der Waals surface area contributed by atoms with E-state index in [9.17, 15) is 14.4 Å². The number of aliphatic carboxylic acids is 2. The Labute approximate surface area is 210 Å². The average molecular weight is 497 g/mol. The lowest BCUT2D eigenvalue weighted by Crippen LogP contribution is -2.40. The average Bonchev–Trinajstić information content (AvgIpc) is 2.89. The largest absolute Gasteiger partial charge is 0.480 e. The van der Waals surface area contributed by atoms with Crippen molar-refractivity contribution in [3.63, 3.8) is 0 Å². The van der Waals surface area contributed by atoms with Gasteiger partial charge in [0.2, 0.25) is 5.91 Å². The third-order valence-corrected chi connectivity index (χ3v) is 6.06. The van der Waals surface area contributed by atoms with Crippen molar-refractivity contribution >= 4 is 17.8 Å². The van der Waals surface area contributed by atoms with Crippen LogP contribution in [0.5, 0.6) is 0 Å². The molecule has 0 aromatic carbocycles. The summed E-state index contributed by atoms with van der Waals surface area (Å²) in [5, 5.41) is 21.2. The number of rotatable bonds is 17. The Bertz CT molecular complexity index is 641. The van der Waals surface area contributed by atoms with Gasteiger partial charge in [0.1, 0.15) is 12.7 Å². The Kier molecular flexibility index (Phi) is 16.8. The number of carboxylic acid groups (broad SMARTS) is 2. The molecule has 1 aliphatic rings. The molecule has 0 bridgehead atoms. The van der Waals surface area contributed by atoms with Gasteiger partial charge in [-0.1, -0.05) is 32.1 Å². The van der Waals surface area contributed by atoms with Crippen LogP contribution in [0.4, 0.5) is 0 Å². The van der Waals surface area contributed by atoms with Crippen LogP contribution in [0.25, 0.3) is 0 Å². The number of hydrogen-bond donors (Lipinski definition) is 3. The Balaban J connectivity index is 2.32. The Hall–Kier alpha value is -2.19. The van der Waals surface area contributed by atoms with Crippen LogP contribution < -0.4 is 5.32 Å². The van der Waals surface area contributed by atoms with Gasteiger partial charge < -0.3 is 25.2 Å². The first-order valence-corrected chi connectivity index (χ1v) is 12.8. The number of nitrogens with zero attached hydrogens (tertiary/aromatic N) is 3. The standard InChI is InChI=1S/C25H44N4O6/c1-3-5-6-7-10-22(4-2)35-21-23(30)26-11-8-9-12-27-13-15-28(19-24(31)32)17-18-29(16-14-27)20-25(33)34/h2,22H,3,5-21H2,1H3,(H,26,30)(H,31,32)(H,33,34). The van der Waals surface area contributed by atoms with E-state index in [-0.39, 0.29) is 31.7 Å². The summed E-state index contributed by atoms with van der Waals surface area (Å²) in [5.74, 6) is 0.669. The van der Waals surface area contributed by atoms with Crippen LogP contribution in [0.2, 0.25) is 0 Å². The van der Waals surface area contributed by atoms with Crippen molar-refractivity contribution in [2.75, 3.05) is 72.1 Å². The Morgan fingerprint density at radius 3 is 1.97 bits per heavy atom. The number of carbonyl (C=O) groups excluding carboxylic acids is 1. The fraction of sp³-hybridized carbons (Fsp3) is 0.800. The van der Waals surface area contributed by atoms with Gasteiger partial charge in [-0.15, -0.1) is 6.42 Å². The smallest absolute Gasteiger partial charge is 0.317 e. The highest BCUT2D eigenvalue weighted by Crippen LogP contribution is 2.08. The van der Waals surface area contributed by atoms with Crippen molar-refractivity contribution in [1.29, 1.82) is 0 Å². The van der Waals surface area contributed by atoms with Gasteiger partial charge in [0, 0.05) is 45.8 Å². The lowest BCUT2D eigenvalue weighted by atomic mass is 10.1. The van der Waals surface area contributed by atoms with Crippen LogP contribution in [0, 0.1) is 12.3 Å². The third kappa shape index (κ3) is 16.2. The van der Waals surface area contributed by atoms with Crippen molar-refractivity contribution in [3.05, 3.63) is 0 Å². The molecule has 10 nitrogen and oxygen atoms in total. The second kappa shape index (κ2) is 19.1. The zero-order chi connectivity index (χ0) is 25.9. The molecule has 1 saturated heterocycles. The van der Waals surface area contributed by atoms with Crippen LogP contribution in [0.1, 0.15) is 51.9 Å². The van der Waals surface area contributed by atoms with Crippen molar-refractivity contribution in [2.45, 2.75) is 58.0 Å². The highest BCUT2D eigenvalue weighted by atomic mass is 16.5. The molecule has 1 aliphatic heterocycles. The quantitative estimate of drug-likeness (QED) is 0.200. The first-order valence-electron chi connectivity index (χ1n) is 12.8. The molecule has 10 heteroatoms. The maximum Gasteiger partial charge on any atom is 0.317 e. The normalized spacial score (nSPS) is 17.0. The number of amides is 1. The molecule has 1 atom stereocenters. The summed E-state index contributed by atoms with van der Waals surface area (Å²) in [5.41, 5.74) is 0. The van der Waals surface area contributed by atoms with Crippen molar-refractivity contribution in [1.82, 2.24) is 20.0 Å². The number of nitrogens with one attached hydrogen (secondary N) is 1. The van der Waals surface area contributed by atoms with Gasteiger partial charge >= 0.3 is 11.9 Å². The molecule has 1 fully saturated rings. The minimum Gasteiger partial charge on any atom is -0.480 e. The van der Waals surface area contributed by atoms with Crippen molar-refractivity contribution in [3.8, 4) is 12.3 Å². The molecule has 0 spiro atoms. The van der Waals surface area contributed by atoms with Crippen LogP contribution >= 0.6 is 0 Å². The first-order chi connectivity index (χ1) is 16.8. The molecule has 0 aromatic heterocycles. The summed E-state index contributed by atoms with van der Waals surface area (Å²) in [7, 11) is 0. The molecule has 0 radical (unpaired) electrons. The van der Waals surface area contributed by atoms with E-state index in [2.05, 4.69) is 23.1 Å². The third-order valence-electron chi connectivity index (χ3n) is 6.06. The highest BCUT2D eigenvalue weighted by Gasteiger charge is 2.19. The summed E-state index contributed by atoms with van der Waals surface area (Å²) < 4.78 is 5.55. The molecule has 0 saturated carbocycles. The van der Waals surface area contributed by atoms with Crippen LogP contribution in [-0.4, -0.2) is 121 Å². The molecule has 3 N–H and O–H groups in total. The SMILES string of the molecule is C#CC(CCCCCC)OCC(=O)NCCCCN1CCN(CC(=O)O)CCN(CC(=O)O)CC1. The van der Waals surface area contributed by atoms with Gasteiger partial charge in [-0.3, -0.25) is 24.2 Å². The van der Waals surface area contributed by atoms with Crippen LogP contribution in [0.15, 0.2) is 0 Å². The predicted molar refractivity (Wildman–Crippen MR) is 134 cm³/mol. The van der Waals surface area contributed by atoms with Gasteiger partial charge in [0.15, 0.2) is 0 Å². The molecule has 1 rings (SSSR count). The van der Waals surface area contributed by atoms with E-state index in [1.54, 1.807) is 0 Å². The highest BCUT2D eigenvalue weighted by molar-refractivity contribution is 5.77. The van der Waals surface area contributed by atoms with Gasteiger partial charge in [-0.25, -0.2) is 0 Å². The zero-order valence-electron chi connectivity index (χ0n) is 21.3. The molecular weight excluding hydrogens is 452 g/mol. The van der Waals surface area contributed by atoms with Crippen molar-refractivity contribution in [2.24, 2.45) is 0 Å². The van der Waals surface area contributed by atoms with Gasteiger partial charge in [0.25, 0.3) is 0 Å². The van der Waals surface area contributed by atoms with Crippen LogP contribution in [-0.2, 0) is 19.1 Å². The summed E-state index contributed by atoms with van der Waals surface area (Å²) in [6, 6.07) is 0. The Morgan fingerprint density at radius 1 is 0.886 bits per heavy atom. The number of ether oxygens (including phenoxy) is 1. The van der Waals surface area contributed by atoms with Crippen molar-refractivity contribution < 1.29 is 29.3 Å². The van der Waals surface area contributed by atoms with E-state index < -0.39 is 11.9 Å². The summed E-state index contributed by atoms with van der Waals surface area (Å²) >= 11 is 0. The summed E-state index contributed by atoms with van der Waals surface area (Å²) in [6.45, 7) is 7.10. The van der Waals surface area contributed by atoms with Gasteiger partial charge in [-0.2, -0.15) is 0 Å². The molecule has 1 amide bonds. The van der Waals surface area contributed by atoms with E-state index in [1.165, 1.54) is 6.42 Å². The number of unbranched alkanes of at least 4 members (excludes halogenated alkanes) is 4. The second-order valence-electron chi connectivity index (χ2n) is 9.05. The van der Waals surface area contributed by atoms with E-state index in [0.29, 0.717) is 32.7 Å². The van der Waals surface area contributed by atoms with Crippen LogP contribution in [0.3, 0.4) is 0 Å². The second-order valence-corrected chi connectivity index (χ2v) is 9.05. The molecule has 200 valence electrons. The maximum absolute atomic E-state index is 12.1.